The lowest BCUT2D eigenvalue weighted by molar-refractivity contribution is -0.0162. The van der Waals surface area contributed by atoms with Gasteiger partial charge in [0, 0.05) is 17.2 Å². The molecule has 5 atom stereocenters. The maximum absolute atomic E-state index is 10.6. The molecule has 0 aromatic heterocycles. The number of rotatable bonds is 6. The Labute approximate surface area is 96.2 Å². The molecule has 0 spiro atoms. The van der Waals surface area contributed by atoms with Crippen molar-refractivity contribution >= 4 is 16.1 Å². The van der Waals surface area contributed by atoms with Crippen LogP contribution in [0.15, 0.2) is 0 Å². The minimum atomic E-state index is -2.78. The van der Waals surface area contributed by atoms with E-state index in [1.807, 2.05) is 6.92 Å². The predicted octanol–water partition coefficient (Wildman–Crippen LogP) is -0.298. The minimum absolute atomic E-state index is 0.340. The Morgan fingerprint density at radius 1 is 1.50 bits per heavy atom. The standard InChI is InChI=1S/C8H14BO6P/c1-2-3-13-7-6(15-16(11)12)5(4-10)14-8(7)9/h5-8,10H,2-4H2,1H3/p+1. The highest BCUT2D eigenvalue weighted by Gasteiger charge is 2.48. The zero-order valence-corrected chi connectivity index (χ0v) is 9.88. The van der Waals surface area contributed by atoms with E-state index in [1.165, 1.54) is 0 Å². The largest absolute Gasteiger partial charge is 0.695 e. The van der Waals surface area contributed by atoms with E-state index < -0.39 is 32.6 Å². The quantitative estimate of drug-likeness (QED) is 0.496. The molecule has 1 aliphatic rings. The summed E-state index contributed by atoms with van der Waals surface area (Å²) < 4.78 is 26.0. The van der Waals surface area contributed by atoms with Gasteiger partial charge in [0.1, 0.15) is 20.1 Å². The molecule has 1 aliphatic heterocycles. The average Bonchev–Trinajstić information content (AvgIpc) is 2.51. The monoisotopic (exact) mass is 249 g/mol. The Morgan fingerprint density at radius 2 is 2.19 bits per heavy atom. The molecule has 2 N–H and O–H groups in total. The van der Waals surface area contributed by atoms with Crippen LogP contribution in [-0.2, 0) is 18.6 Å². The van der Waals surface area contributed by atoms with Crippen molar-refractivity contribution < 1.29 is 28.6 Å². The first-order valence-corrected chi connectivity index (χ1v) is 6.19. The first-order chi connectivity index (χ1) is 7.60. The van der Waals surface area contributed by atoms with Gasteiger partial charge in [0.15, 0.2) is 6.10 Å². The van der Waals surface area contributed by atoms with E-state index in [-0.39, 0.29) is 6.61 Å². The van der Waals surface area contributed by atoms with Gasteiger partial charge in [-0.05, 0) is 6.42 Å². The smallest absolute Gasteiger partial charge is 0.394 e. The molecule has 0 aromatic carbocycles. The molecule has 90 valence electrons. The van der Waals surface area contributed by atoms with Crippen LogP contribution in [0.1, 0.15) is 13.3 Å². The normalized spacial score (nSPS) is 35.3. The first-order valence-electron chi connectivity index (χ1n) is 5.06. The molecular formula is C8H15BO6P+. The molecule has 2 radical (unpaired) electrons. The number of hydrogen-bond acceptors (Lipinski definition) is 5. The molecule has 0 saturated carbocycles. The highest BCUT2D eigenvalue weighted by Crippen LogP contribution is 2.31. The maximum Gasteiger partial charge on any atom is 0.695 e. The molecule has 1 rings (SSSR count). The summed E-state index contributed by atoms with van der Waals surface area (Å²) >= 11 is 0. The van der Waals surface area contributed by atoms with Crippen LogP contribution in [0.4, 0.5) is 0 Å². The number of aliphatic hydroxyl groups is 1. The molecule has 0 bridgehead atoms. The molecular weight excluding hydrogens is 234 g/mol. The number of aliphatic hydroxyl groups excluding tert-OH is 1. The number of hydrogen-bond donors (Lipinski definition) is 2. The zero-order chi connectivity index (χ0) is 12.1. The average molecular weight is 249 g/mol. The molecule has 1 saturated heterocycles. The highest BCUT2D eigenvalue weighted by molar-refractivity contribution is 7.32. The third-order valence-electron chi connectivity index (χ3n) is 2.25. The molecule has 0 aliphatic carbocycles. The minimum Gasteiger partial charge on any atom is -0.394 e. The molecule has 1 fully saturated rings. The lowest BCUT2D eigenvalue weighted by atomic mass is 9.93. The van der Waals surface area contributed by atoms with Crippen LogP contribution in [0.3, 0.4) is 0 Å². The van der Waals surface area contributed by atoms with Crippen molar-refractivity contribution in [2.24, 2.45) is 0 Å². The van der Waals surface area contributed by atoms with Crippen LogP contribution in [0.5, 0.6) is 0 Å². The molecule has 6 nitrogen and oxygen atoms in total. The predicted molar refractivity (Wildman–Crippen MR) is 56.2 cm³/mol. The molecule has 1 heterocycles. The molecule has 5 unspecified atom stereocenters. The molecule has 0 aromatic rings. The van der Waals surface area contributed by atoms with Crippen molar-refractivity contribution in [2.45, 2.75) is 37.7 Å². The van der Waals surface area contributed by atoms with Crippen molar-refractivity contribution in [3.05, 3.63) is 0 Å². The summed E-state index contributed by atoms with van der Waals surface area (Å²) in [5, 5.41) is 9.02. The van der Waals surface area contributed by atoms with Crippen LogP contribution in [-0.4, -0.2) is 55.4 Å². The van der Waals surface area contributed by atoms with E-state index in [4.69, 9.17) is 31.8 Å². The van der Waals surface area contributed by atoms with E-state index in [0.29, 0.717) is 6.61 Å². The van der Waals surface area contributed by atoms with Gasteiger partial charge in [-0.15, -0.1) is 9.42 Å². The van der Waals surface area contributed by atoms with E-state index >= 15 is 0 Å². The highest BCUT2D eigenvalue weighted by atomic mass is 31.1. The summed E-state index contributed by atoms with van der Waals surface area (Å²) in [5.41, 5.74) is 0. The third kappa shape index (κ3) is 3.48. The van der Waals surface area contributed by atoms with Crippen LogP contribution in [0.2, 0.25) is 0 Å². The van der Waals surface area contributed by atoms with Crippen molar-refractivity contribution in [3.63, 3.8) is 0 Å². The van der Waals surface area contributed by atoms with Gasteiger partial charge in [0.05, 0.1) is 6.61 Å². The second-order valence-corrected chi connectivity index (χ2v) is 4.15. The summed E-state index contributed by atoms with van der Waals surface area (Å²) in [6.45, 7) is 2.03. The van der Waals surface area contributed by atoms with Crippen molar-refractivity contribution in [1.82, 2.24) is 0 Å². The fourth-order valence-electron chi connectivity index (χ4n) is 1.58. The zero-order valence-electron chi connectivity index (χ0n) is 8.98. The Morgan fingerprint density at radius 3 is 2.69 bits per heavy atom. The van der Waals surface area contributed by atoms with Crippen LogP contribution >= 0.6 is 8.25 Å². The lowest BCUT2D eigenvalue weighted by Crippen LogP contribution is -2.37. The van der Waals surface area contributed by atoms with E-state index in [1.54, 1.807) is 0 Å². The van der Waals surface area contributed by atoms with Gasteiger partial charge in [0.25, 0.3) is 0 Å². The van der Waals surface area contributed by atoms with Crippen molar-refractivity contribution in [3.8, 4) is 0 Å². The molecule has 0 amide bonds. The van der Waals surface area contributed by atoms with Gasteiger partial charge in [-0.2, -0.15) is 0 Å². The molecule has 8 heteroatoms. The second kappa shape index (κ2) is 6.64. The van der Waals surface area contributed by atoms with E-state index in [9.17, 15) is 4.57 Å². The second-order valence-electron chi connectivity index (χ2n) is 3.46. The Bertz CT molecular complexity index is 241. The first kappa shape index (κ1) is 14.0. The van der Waals surface area contributed by atoms with E-state index in [2.05, 4.69) is 0 Å². The van der Waals surface area contributed by atoms with Gasteiger partial charge >= 0.3 is 8.25 Å². The maximum atomic E-state index is 10.6. The van der Waals surface area contributed by atoms with Crippen LogP contribution in [0.25, 0.3) is 0 Å². The lowest BCUT2D eigenvalue weighted by Gasteiger charge is -2.18. The summed E-state index contributed by atoms with van der Waals surface area (Å²) in [4.78, 5) is 8.71. The summed E-state index contributed by atoms with van der Waals surface area (Å²) in [6, 6.07) is -0.761. The van der Waals surface area contributed by atoms with Crippen LogP contribution in [0, 0.1) is 0 Å². The van der Waals surface area contributed by atoms with E-state index in [0.717, 1.165) is 6.42 Å². The van der Waals surface area contributed by atoms with Crippen molar-refractivity contribution in [1.29, 1.82) is 0 Å². The summed E-state index contributed by atoms with van der Waals surface area (Å²) in [6.07, 6.45) is -1.41. The van der Waals surface area contributed by atoms with Crippen molar-refractivity contribution in [2.75, 3.05) is 13.2 Å². The summed E-state index contributed by atoms with van der Waals surface area (Å²) in [5.74, 6) is 0. The fraction of sp³-hybridized carbons (Fsp3) is 1.00. The van der Waals surface area contributed by atoms with Gasteiger partial charge in [-0.1, -0.05) is 6.92 Å². The Hall–Kier alpha value is -0.0351. The summed E-state index contributed by atoms with van der Waals surface area (Å²) in [7, 11) is 2.86. The van der Waals surface area contributed by atoms with Crippen LogP contribution < -0.4 is 0 Å². The molecule has 16 heavy (non-hydrogen) atoms. The van der Waals surface area contributed by atoms with Gasteiger partial charge < -0.3 is 14.6 Å². The van der Waals surface area contributed by atoms with Gasteiger partial charge in [-0.25, -0.2) is 0 Å². The van der Waals surface area contributed by atoms with Gasteiger partial charge in [-0.3, -0.25) is 0 Å². The fourth-order valence-corrected chi connectivity index (χ4v) is 2.04. The Kier molecular flexibility index (Phi) is 5.82. The van der Waals surface area contributed by atoms with Gasteiger partial charge in [0.2, 0.25) is 0 Å². The third-order valence-corrected chi connectivity index (χ3v) is 2.68. The Balaban J connectivity index is 2.64. The number of ether oxygens (including phenoxy) is 2. The topological polar surface area (TPSA) is 85.2 Å². The SMILES string of the molecule is [B]C1OC(CO)C(O[P+](=O)O)C1OCCC.